The van der Waals surface area contributed by atoms with E-state index in [1.165, 1.54) is 0 Å². The summed E-state index contributed by atoms with van der Waals surface area (Å²) in [6.07, 6.45) is 1.01. The summed E-state index contributed by atoms with van der Waals surface area (Å²) in [7, 11) is 1.64. The summed E-state index contributed by atoms with van der Waals surface area (Å²) in [5.41, 5.74) is 4.25. The zero-order valence-corrected chi connectivity index (χ0v) is 16.1. The zero-order valence-electron chi connectivity index (χ0n) is 16.1. The van der Waals surface area contributed by atoms with Crippen LogP contribution in [-0.2, 0) is 16.0 Å². The molecule has 5 nitrogen and oxygen atoms in total. The molecule has 3 rings (SSSR count). The first-order valence-electron chi connectivity index (χ1n) is 9.25. The number of aryl methyl sites for hydroxylation is 2. The number of nitrogens with one attached hydrogen (secondary N) is 1. The standard InChI is InChI=1S/C22H26N2O3/c1-15-10-16(2)12-19(11-15)24-14-18(13-21(24)25)22(26)23-9-8-17-4-6-20(27-3)7-5-17/h4-7,10-12,18H,8-9,13-14H2,1-3H3,(H,23,26). The fourth-order valence-corrected chi connectivity index (χ4v) is 3.51. The van der Waals surface area contributed by atoms with Gasteiger partial charge in [-0.3, -0.25) is 9.59 Å². The average Bonchev–Trinajstić information content (AvgIpc) is 3.03. The zero-order chi connectivity index (χ0) is 19.4. The van der Waals surface area contributed by atoms with Crippen LogP contribution in [0, 0.1) is 19.8 Å². The number of carbonyl (C=O) groups is 2. The normalized spacial score (nSPS) is 16.5. The third-order valence-corrected chi connectivity index (χ3v) is 4.89. The van der Waals surface area contributed by atoms with Crippen molar-refractivity contribution in [2.24, 2.45) is 5.92 Å². The molecule has 1 aliphatic heterocycles. The highest BCUT2D eigenvalue weighted by molar-refractivity contribution is 6.00. The molecule has 0 saturated carbocycles. The maximum absolute atomic E-state index is 12.5. The van der Waals surface area contributed by atoms with Crippen molar-refractivity contribution in [3.8, 4) is 5.75 Å². The maximum atomic E-state index is 12.5. The number of methoxy groups -OCH3 is 1. The molecule has 5 heteroatoms. The lowest BCUT2D eigenvalue weighted by molar-refractivity contribution is -0.126. The Balaban J connectivity index is 1.54. The predicted octanol–water partition coefficient (Wildman–Crippen LogP) is 3.02. The number of benzene rings is 2. The number of rotatable bonds is 6. The first kappa shape index (κ1) is 19.0. The molecule has 2 aromatic rings. The van der Waals surface area contributed by atoms with Gasteiger partial charge in [0.2, 0.25) is 11.8 Å². The summed E-state index contributed by atoms with van der Waals surface area (Å²) >= 11 is 0. The van der Waals surface area contributed by atoms with Gasteiger partial charge in [0.15, 0.2) is 0 Å². The van der Waals surface area contributed by atoms with Crippen molar-refractivity contribution in [2.45, 2.75) is 26.7 Å². The predicted molar refractivity (Wildman–Crippen MR) is 106 cm³/mol. The molecule has 1 heterocycles. The molecule has 1 atom stereocenters. The lowest BCUT2D eigenvalue weighted by Crippen LogP contribution is -2.34. The highest BCUT2D eigenvalue weighted by Crippen LogP contribution is 2.27. The van der Waals surface area contributed by atoms with E-state index in [0.717, 1.165) is 34.5 Å². The molecule has 0 radical (unpaired) electrons. The molecule has 0 aromatic heterocycles. The Hall–Kier alpha value is -2.82. The van der Waals surface area contributed by atoms with Crippen molar-refractivity contribution in [1.82, 2.24) is 5.32 Å². The molecule has 1 N–H and O–H groups in total. The Bertz CT molecular complexity index is 810. The van der Waals surface area contributed by atoms with Gasteiger partial charge in [0, 0.05) is 25.2 Å². The van der Waals surface area contributed by atoms with Crippen LogP contribution >= 0.6 is 0 Å². The van der Waals surface area contributed by atoms with Crippen LogP contribution in [0.1, 0.15) is 23.1 Å². The average molecular weight is 366 g/mol. The van der Waals surface area contributed by atoms with Crippen molar-refractivity contribution in [3.05, 3.63) is 59.2 Å². The summed E-state index contributed by atoms with van der Waals surface area (Å²) in [5.74, 6) is 0.479. The fraction of sp³-hybridized carbons (Fsp3) is 0.364. The molecule has 0 spiro atoms. The van der Waals surface area contributed by atoms with Crippen LogP contribution < -0.4 is 15.0 Å². The van der Waals surface area contributed by atoms with E-state index < -0.39 is 0 Å². The second kappa shape index (κ2) is 8.25. The van der Waals surface area contributed by atoms with E-state index in [-0.39, 0.29) is 24.2 Å². The van der Waals surface area contributed by atoms with Crippen molar-refractivity contribution >= 4 is 17.5 Å². The van der Waals surface area contributed by atoms with Gasteiger partial charge in [-0.2, -0.15) is 0 Å². The minimum atomic E-state index is -0.297. The van der Waals surface area contributed by atoms with Gasteiger partial charge in [-0.1, -0.05) is 18.2 Å². The van der Waals surface area contributed by atoms with Crippen molar-refractivity contribution in [1.29, 1.82) is 0 Å². The Morgan fingerprint density at radius 2 is 1.81 bits per heavy atom. The van der Waals surface area contributed by atoms with Crippen molar-refractivity contribution in [2.75, 3.05) is 25.1 Å². The third-order valence-electron chi connectivity index (χ3n) is 4.89. The summed E-state index contributed by atoms with van der Waals surface area (Å²) in [6.45, 7) is 5.02. The highest BCUT2D eigenvalue weighted by atomic mass is 16.5. The van der Waals surface area contributed by atoms with Gasteiger partial charge in [-0.05, 0) is 61.2 Å². The minimum absolute atomic E-state index is 0.00954. The Morgan fingerprint density at radius 1 is 1.15 bits per heavy atom. The number of amides is 2. The summed E-state index contributed by atoms with van der Waals surface area (Å²) < 4.78 is 5.14. The van der Waals surface area contributed by atoms with Gasteiger partial charge in [-0.25, -0.2) is 0 Å². The molecule has 1 aliphatic rings. The largest absolute Gasteiger partial charge is 0.497 e. The molecule has 1 unspecified atom stereocenters. The molecule has 27 heavy (non-hydrogen) atoms. The van der Waals surface area contributed by atoms with E-state index in [2.05, 4.69) is 11.4 Å². The van der Waals surface area contributed by atoms with Crippen LogP contribution in [0.15, 0.2) is 42.5 Å². The first-order valence-corrected chi connectivity index (χ1v) is 9.25. The van der Waals surface area contributed by atoms with Gasteiger partial charge in [0.25, 0.3) is 0 Å². The highest BCUT2D eigenvalue weighted by Gasteiger charge is 2.35. The van der Waals surface area contributed by atoms with E-state index in [1.807, 2.05) is 50.2 Å². The van der Waals surface area contributed by atoms with Crippen molar-refractivity contribution < 1.29 is 14.3 Å². The lowest BCUT2D eigenvalue weighted by atomic mass is 10.1. The van der Waals surface area contributed by atoms with Gasteiger partial charge in [0.05, 0.1) is 13.0 Å². The monoisotopic (exact) mass is 366 g/mol. The third kappa shape index (κ3) is 4.67. The van der Waals surface area contributed by atoms with E-state index in [4.69, 9.17) is 4.74 Å². The summed E-state index contributed by atoms with van der Waals surface area (Å²) in [4.78, 5) is 26.6. The Labute approximate surface area is 160 Å². The number of hydrogen-bond donors (Lipinski definition) is 1. The molecule has 0 aliphatic carbocycles. The van der Waals surface area contributed by atoms with E-state index in [1.54, 1.807) is 12.0 Å². The van der Waals surface area contributed by atoms with Crippen LogP contribution in [-0.4, -0.2) is 32.0 Å². The van der Waals surface area contributed by atoms with Crippen LogP contribution in [0.2, 0.25) is 0 Å². The second-order valence-electron chi connectivity index (χ2n) is 7.14. The maximum Gasteiger partial charge on any atom is 0.227 e. The van der Waals surface area contributed by atoms with E-state index >= 15 is 0 Å². The molecule has 2 aromatic carbocycles. The van der Waals surface area contributed by atoms with Crippen LogP contribution in [0.3, 0.4) is 0 Å². The number of anilines is 1. The smallest absolute Gasteiger partial charge is 0.227 e. The summed E-state index contributed by atoms with van der Waals surface area (Å²) in [5, 5.41) is 2.97. The molecular formula is C22H26N2O3. The number of carbonyl (C=O) groups excluding carboxylic acids is 2. The molecule has 0 bridgehead atoms. The van der Waals surface area contributed by atoms with E-state index in [9.17, 15) is 9.59 Å². The van der Waals surface area contributed by atoms with Gasteiger partial charge in [0.1, 0.15) is 5.75 Å². The number of ether oxygens (including phenoxy) is 1. The topological polar surface area (TPSA) is 58.6 Å². The lowest BCUT2D eigenvalue weighted by Gasteiger charge is -2.18. The SMILES string of the molecule is COc1ccc(CCNC(=O)C2CC(=O)N(c3cc(C)cc(C)c3)C2)cc1. The van der Waals surface area contributed by atoms with Crippen molar-refractivity contribution in [3.63, 3.8) is 0 Å². The van der Waals surface area contributed by atoms with Crippen LogP contribution in [0.4, 0.5) is 5.69 Å². The number of hydrogen-bond acceptors (Lipinski definition) is 3. The summed E-state index contributed by atoms with van der Waals surface area (Å²) in [6, 6.07) is 13.9. The van der Waals surface area contributed by atoms with E-state index in [0.29, 0.717) is 13.1 Å². The second-order valence-corrected chi connectivity index (χ2v) is 7.14. The Morgan fingerprint density at radius 3 is 2.44 bits per heavy atom. The molecular weight excluding hydrogens is 340 g/mol. The van der Waals surface area contributed by atoms with Crippen LogP contribution in [0.25, 0.3) is 0 Å². The molecule has 2 amide bonds. The van der Waals surface area contributed by atoms with Crippen LogP contribution in [0.5, 0.6) is 5.75 Å². The van der Waals surface area contributed by atoms with Gasteiger partial charge < -0.3 is 15.0 Å². The van der Waals surface area contributed by atoms with Gasteiger partial charge >= 0.3 is 0 Å². The minimum Gasteiger partial charge on any atom is -0.497 e. The molecule has 142 valence electrons. The number of nitrogens with zero attached hydrogens (tertiary/aromatic N) is 1. The fourth-order valence-electron chi connectivity index (χ4n) is 3.51. The van der Waals surface area contributed by atoms with Gasteiger partial charge in [-0.15, -0.1) is 0 Å². The first-order chi connectivity index (χ1) is 13.0. The Kier molecular flexibility index (Phi) is 5.79. The quantitative estimate of drug-likeness (QED) is 0.855. The molecule has 1 fully saturated rings. The molecule has 1 saturated heterocycles.